The van der Waals surface area contributed by atoms with E-state index in [1.54, 1.807) is 6.07 Å². The molecule has 1 aromatic rings. The Morgan fingerprint density at radius 2 is 2.21 bits per heavy atom. The number of nitrogens with one attached hydrogen (secondary N) is 1. The van der Waals surface area contributed by atoms with Crippen molar-refractivity contribution in [3.05, 3.63) is 36.1 Å². The number of allylic oxidation sites excluding steroid dienone is 1. The molecule has 1 aromatic carbocycles. The van der Waals surface area contributed by atoms with Crippen molar-refractivity contribution in [2.24, 2.45) is 0 Å². The SMILES string of the molecule is CS(=O)(=O)c1cccc(NC(=O)C(O)=CCC#N)c1. The molecule has 0 spiro atoms. The van der Waals surface area contributed by atoms with Gasteiger partial charge in [-0.15, -0.1) is 0 Å². The van der Waals surface area contributed by atoms with E-state index in [1.807, 2.05) is 0 Å². The Balaban J connectivity index is 2.90. The Bertz CT molecular complexity index is 657. The van der Waals surface area contributed by atoms with E-state index in [1.165, 1.54) is 24.3 Å². The summed E-state index contributed by atoms with van der Waals surface area (Å²) in [5.74, 6) is -1.40. The molecule has 0 aliphatic heterocycles. The second kappa shape index (κ2) is 6.02. The third kappa shape index (κ3) is 4.44. The highest BCUT2D eigenvalue weighted by atomic mass is 32.2. The van der Waals surface area contributed by atoms with Crippen LogP contribution in [0.25, 0.3) is 0 Å². The summed E-state index contributed by atoms with van der Waals surface area (Å²) >= 11 is 0. The van der Waals surface area contributed by atoms with Crippen LogP contribution in [-0.4, -0.2) is 25.7 Å². The summed E-state index contributed by atoms with van der Waals surface area (Å²) in [5, 5.41) is 20.0. The Labute approximate surface area is 110 Å². The number of benzene rings is 1. The van der Waals surface area contributed by atoms with E-state index >= 15 is 0 Å². The fraction of sp³-hybridized carbons (Fsp3) is 0.167. The summed E-state index contributed by atoms with van der Waals surface area (Å²) in [4.78, 5) is 11.6. The van der Waals surface area contributed by atoms with Gasteiger partial charge in [0.15, 0.2) is 15.6 Å². The molecule has 0 aliphatic rings. The maximum absolute atomic E-state index is 11.5. The van der Waals surface area contributed by atoms with Gasteiger partial charge in [-0.25, -0.2) is 8.42 Å². The summed E-state index contributed by atoms with van der Waals surface area (Å²) < 4.78 is 22.7. The molecule has 1 amide bonds. The molecule has 0 aromatic heterocycles. The molecule has 0 fully saturated rings. The van der Waals surface area contributed by atoms with Gasteiger partial charge in [-0.3, -0.25) is 4.79 Å². The van der Waals surface area contributed by atoms with Crippen molar-refractivity contribution in [3.63, 3.8) is 0 Å². The molecule has 0 aliphatic carbocycles. The standard InChI is InChI=1S/C12H12N2O4S/c1-19(17,18)10-5-2-4-9(8-10)14-12(16)11(15)6-3-7-13/h2,4-6,8,15H,3H2,1H3,(H,14,16). The quantitative estimate of drug-likeness (QED) is 0.640. The Morgan fingerprint density at radius 1 is 1.53 bits per heavy atom. The highest BCUT2D eigenvalue weighted by Gasteiger charge is 2.11. The largest absolute Gasteiger partial charge is 0.503 e. The third-order valence-corrected chi connectivity index (χ3v) is 3.25. The topological polar surface area (TPSA) is 107 Å². The van der Waals surface area contributed by atoms with Crippen LogP contribution in [0.4, 0.5) is 5.69 Å². The van der Waals surface area contributed by atoms with Crippen molar-refractivity contribution >= 4 is 21.4 Å². The number of aliphatic hydroxyl groups is 1. The van der Waals surface area contributed by atoms with Crippen molar-refractivity contribution in [1.82, 2.24) is 0 Å². The summed E-state index contributed by atoms with van der Waals surface area (Å²) in [6.07, 6.45) is 2.02. The number of nitriles is 1. The molecule has 0 saturated heterocycles. The van der Waals surface area contributed by atoms with Gasteiger partial charge in [-0.1, -0.05) is 6.07 Å². The van der Waals surface area contributed by atoms with Crippen molar-refractivity contribution in [2.75, 3.05) is 11.6 Å². The number of carbonyl (C=O) groups is 1. The van der Waals surface area contributed by atoms with Crippen LogP contribution in [0.15, 0.2) is 41.0 Å². The van der Waals surface area contributed by atoms with E-state index in [0.717, 1.165) is 12.3 Å². The number of hydrogen-bond acceptors (Lipinski definition) is 5. The van der Waals surface area contributed by atoms with E-state index in [2.05, 4.69) is 5.32 Å². The van der Waals surface area contributed by atoms with E-state index in [-0.39, 0.29) is 17.0 Å². The lowest BCUT2D eigenvalue weighted by Crippen LogP contribution is -2.14. The van der Waals surface area contributed by atoms with Crippen LogP contribution in [0.5, 0.6) is 0 Å². The maximum Gasteiger partial charge on any atom is 0.290 e. The van der Waals surface area contributed by atoms with Gasteiger partial charge in [0.2, 0.25) is 0 Å². The molecule has 1 rings (SSSR count). The first-order valence-electron chi connectivity index (χ1n) is 5.22. The average Bonchev–Trinajstić information content (AvgIpc) is 2.35. The number of anilines is 1. The second-order valence-corrected chi connectivity index (χ2v) is 5.72. The zero-order valence-corrected chi connectivity index (χ0v) is 10.9. The summed E-state index contributed by atoms with van der Waals surface area (Å²) in [7, 11) is -3.37. The van der Waals surface area contributed by atoms with Gasteiger partial charge in [0, 0.05) is 11.9 Å². The van der Waals surface area contributed by atoms with Crippen molar-refractivity contribution in [1.29, 1.82) is 5.26 Å². The fourth-order valence-electron chi connectivity index (χ4n) is 1.23. The fourth-order valence-corrected chi connectivity index (χ4v) is 1.90. The summed E-state index contributed by atoms with van der Waals surface area (Å²) in [6, 6.07) is 7.40. The molecule has 0 heterocycles. The van der Waals surface area contributed by atoms with E-state index in [9.17, 15) is 18.3 Å². The van der Waals surface area contributed by atoms with Crippen molar-refractivity contribution in [3.8, 4) is 6.07 Å². The van der Waals surface area contributed by atoms with Crippen LogP contribution in [0.3, 0.4) is 0 Å². The van der Waals surface area contributed by atoms with E-state index in [0.29, 0.717) is 0 Å². The molecular weight excluding hydrogens is 268 g/mol. The van der Waals surface area contributed by atoms with Crippen LogP contribution in [0, 0.1) is 11.3 Å². The van der Waals surface area contributed by atoms with Gasteiger partial charge in [-0.2, -0.15) is 5.26 Å². The molecule has 7 heteroatoms. The number of carbonyl (C=O) groups excluding carboxylic acids is 1. The number of amides is 1. The van der Waals surface area contributed by atoms with Crippen LogP contribution in [0.2, 0.25) is 0 Å². The summed E-state index contributed by atoms with van der Waals surface area (Å²) in [6.45, 7) is 0. The molecule has 0 bridgehead atoms. The van der Waals surface area contributed by atoms with E-state index < -0.39 is 21.5 Å². The van der Waals surface area contributed by atoms with Crippen molar-refractivity contribution < 1.29 is 18.3 Å². The minimum Gasteiger partial charge on any atom is -0.503 e. The molecule has 0 atom stereocenters. The smallest absolute Gasteiger partial charge is 0.290 e. The minimum absolute atomic E-state index is 0.0609. The number of aliphatic hydroxyl groups excluding tert-OH is 1. The highest BCUT2D eigenvalue weighted by Crippen LogP contribution is 2.15. The molecule has 6 nitrogen and oxygen atoms in total. The molecule has 0 unspecified atom stereocenters. The van der Waals surface area contributed by atoms with Gasteiger partial charge in [0.1, 0.15) is 0 Å². The molecule has 100 valence electrons. The number of hydrogen-bond donors (Lipinski definition) is 2. The zero-order valence-electron chi connectivity index (χ0n) is 10.1. The lowest BCUT2D eigenvalue weighted by atomic mass is 10.3. The normalized spacial score (nSPS) is 11.7. The predicted octanol–water partition coefficient (Wildman–Crippen LogP) is 1.38. The number of sulfone groups is 1. The maximum atomic E-state index is 11.5. The van der Waals surface area contributed by atoms with Gasteiger partial charge in [-0.05, 0) is 24.3 Å². The summed E-state index contributed by atoms with van der Waals surface area (Å²) in [5.41, 5.74) is 0.241. The van der Waals surface area contributed by atoms with Crippen LogP contribution < -0.4 is 5.32 Å². The number of rotatable bonds is 4. The Kier molecular flexibility index (Phi) is 4.67. The third-order valence-electron chi connectivity index (χ3n) is 2.14. The number of nitrogens with zero attached hydrogens (tertiary/aromatic N) is 1. The lowest BCUT2D eigenvalue weighted by Gasteiger charge is -2.06. The highest BCUT2D eigenvalue weighted by molar-refractivity contribution is 7.90. The molecular formula is C12H12N2O4S. The molecule has 2 N–H and O–H groups in total. The average molecular weight is 280 g/mol. The predicted molar refractivity (Wildman–Crippen MR) is 69.1 cm³/mol. The first-order chi connectivity index (χ1) is 8.84. The van der Waals surface area contributed by atoms with Gasteiger partial charge < -0.3 is 10.4 Å². The Morgan fingerprint density at radius 3 is 2.79 bits per heavy atom. The molecule has 19 heavy (non-hydrogen) atoms. The zero-order chi connectivity index (χ0) is 14.5. The molecule has 0 saturated carbocycles. The first kappa shape index (κ1) is 14.7. The minimum atomic E-state index is -3.37. The first-order valence-corrected chi connectivity index (χ1v) is 7.11. The lowest BCUT2D eigenvalue weighted by molar-refractivity contribution is -0.115. The molecule has 0 radical (unpaired) electrons. The van der Waals surface area contributed by atoms with Gasteiger partial charge in [0.05, 0.1) is 17.4 Å². The van der Waals surface area contributed by atoms with Crippen LogP contribution in [-0.2, 0) is 14.6 Å². The Hall–Kier alpha value is -2.33. The monoisotopic (exact) mass is 280 g/mol. The van der Waals surface area contributed by atoms with Crippen LogP contribution in [0.1, 0.15) is 6.42 Å². The second-order valence-electron chi connectivity index (χ2n) is 3.71. The van der Waals surface area contributed by atoms with E-state index in [4.69, 9.17) is 5.26 Å². The van der Waals surface area contributed by atoms with Crippen molar-refractivity contribution in [2.45, 2.75) is 11.3 Å². The van der Waals surface area contributed by atoms with Gasteiger partial charge >= 0.3 is 0 Å². The van der Waals surface area contributed by atoms with Crippen LogP contribution >= 0.6 is 0 Å². The van der Waals surface area contributed by atoms with Gasteiger partial charge in [0.25, 0.3) is 5.91 Å².